The Kier molecular flexibility index (Phi) is 7.30. The van der Waals surface area contributed by atoms with Crippen LogP contribution in [0.15, 0.2) is 78.9 Å². The fourth-order valence-electron chi connectivity index (χ4n) is 4.50. The van der Waals surface area contributed by atoms with Crippen molar-refractivity contribution in [3.05, 3.63) is 95.7 Å². The van der Waals surface area contributed by atoms with Gasteiger partial charge in [-0.15, -0.1) is 0 Å². The number of aromatic nitrogens is 4. The van der Waals surface area contributed by atoms with Gasteiger partial charge >= 0.3 is 6.18 Å². The van der Waals surface area contributed by atoms with Crippen LogP contribution in [-0.2, 0) is 12.6 Å². The van der Waals surface area contributed by atoms with E-state index in [4.69, 9.17) is 14.6 Å². The molecule has 0 saturated carbocycles. The van der Waals surface area contributed by atoms with Crippen LogP contribution in [0.5, 0.6) is 11.5 Å². The number of rotatable bonds is 7. The number of aryl methyl sites for hydroxylation is 1. The molecule has 9 heteroatoms. The van der Waals surface area contributed by atoms with Gasteiger partial charge in [-0.1, -0.05) is 36.8 Å². The van der Waals surface area contributed by atoms with Gasteiger partial charge in [-0.25, -0.2) is 9.97 Å². The molecule has 0 atom stereocenters. The van der Waals surface area contributed by atoms with E-state index >= 15 is 0 Å². The van der Waals surface area contributed by atoms with Crippen molar-refractivity contribution in [3.63, 3.8) is 0 Å². The summed E-state index contributed by atoms with van der Waals surface area (Å²) in [7, 11) is 3.15. The summed E-state index contributed by atoms with van der Waals surface area (Å²) in [5.41, 5.74) is 4.22. The minimum Gasteiger partial charge on any atom is -0.497 e. The molecule has 0 bridgehead atoms. The Bertz CT molecular complexity index is 1630. The second-order valence-electron chi connectivity index (χ2n) is 9.20. The highest BCUT2D eigenvalue weighted by Gasteiger charge is 2.35. The van der Waals surface area contributed by atoms with Crippen LogP contribution in [0.4, 0.5) is 13.2 Å². The average molecular weight is 545 g/mol. The van der Waals surface area contributed by atoms with E-state index in [1.807, 2.05) is 62.4 Å². The minimum atomic E-state index is -4.68. The lowest BCUT2D eigenvalue weighted by Crippen LogP contribution is -2.14. The smallest absolute Gasteiger partial charge is 0.433 e. The number of methoxy groups -OCH3 is 2. The summed E-state index contributed by atoms with van der Waals surface area (Å²) in [6.45, 7) is 3.89. The Balaban J connectivity index is 1.79. The fraction of sp³-hybridized carbons (Fsp3) is 0.194. The van der Waals surface area contributed by atoms with Crippen LogP contribution >= 0.6 is 0 Å². The van der Waals surface area contributed by atoms with Crippen molar-refractivity contribution in [1.29, 1.82) is 0 Å². The molecule has 6 nitrogen and oxygen atoms in total. The molecule has 0 aliphatic carbocycles. The van der Waals surface area contributed by atoms with Crippen molar-refractivity contribution in [2.75, 3.05) is 14.2 Å². The largest absolute Gasteiger partial charge is 0.497 e. The first kappa shape index (κ1) is 26.9. The number of ether oxygens (including phenoxy) is 2. The highest BCUT2D eigenvalue weighted by Crippen LogP contribution is 2.37. The van der Waals surface area contributed by atoms with Crippen LogP contribution < -0.4 is 9.47 Å². The van der Waals surface area contributed by atoms with E-state index in [2.05, 4.69) is 9.97 Å². The molecule has 2 aromatic heterocycles. The van der Waals surface area contributed by atoms with Crippen molar-refractivity contribution >= 4 is 0 Å². The maximum absolute atomic E-state index is 14.1. The van der Waals surface area contributed by atoms with Gasteiger partial charge < -0.3 is 9.47 Å². The molecule has 0 unspecified atom stereocenters. The number of nitrogens with zero attached hydrogens (tertiary/aromatic N) is 4. The van der Waals surface area contributed by atoms with Gasteiger partial charge in [0.05, 0.1) is 31.3 Å². The van der Waals surface area contributed by atoms with Gasteiger partial charge in [0.15, 0.2) is 5.69 Å². The SMILES string of the molecule is CCc1c(-c2ccc(OC)cc2)nn(-c2nc(-c3ccc(C)cc3)cc(C(F)(F)F)n2)c1-c1ccc(OC)cc1. The second-order valence-corrected chi connectivity index (χ2v) is 9.20. The van der Waals surface area contributed by atoms with Crippen LogP contribution in [0.25, 0.3) is 39.7 Å². The van der Waals surface area contributed by atoms with E-state index in [0.717, 1.165) is 28.3 Å². The normalized spacial score (nSPS) is 11.5. The van der Waals surface area contributed by atoms with E-state index in [1.165, 1.54) is 4.68 Å². The quantitative estimate of drug-likeness (QED) is 0.212. The molecule has 204 valence electrons. The van der Waals surface area contributed by atoms with Crippen LogP contribution in [0.2, 0.25) is 0 Å². The standard InChI is InChI=1S/C31H27F3N4O2/c1-5-25-28(21-10-14-23(39-3)15-11-21)37-38(29(25)22-12-16-24(40-4)17-13-22)30-35-26(18-27(36-30)31(32,33)34)20-8-6-19(2)7-9-20/h6-18H,5H2,1-4H3. The van der Waals surface area contributed by atoms with E-state index < -0.39 is 11.9 Å². The van der Waals surface area contributed by atoms with Gasteiger partial charge in [-0.2, -0.15) is 23.0 Å². The summed E-state index contributed by atoms with van der Waals surface area (Å²) in [6.07, 6.45) is -4.12. The summed E-state index contributed by atoms with van der Waals surface area (Å²) >= 11 is 0. The molecule has 0 saturated heterocycles. The third-order valence-corrected chi connectivity index (χ3v) is 6.61. The molecule has 0 spiro atoms. The molecule has 0 aliphatic rings. The van der Waals surface area contributed by atoms with Crippen LogP contribution in [0.3, 0.4) is 0 Å². The zero-order valence-corrected chi connectivity index (χ0v) is 22.5. The Morgan fingerprint density at radius 2 is 1.30 bits per heavy atom. The Hall–Kier alpha value is -4.66. The Labute approximate surface area is 230 Å². The molecule has 0 N–H and O–H groups in total. The lowest BCUT2D eigenvalue weighted by atomic mass is 10.00. The first-order valence-corrected chi connectivity index (χ1v) is 12.7. The molecule has 2 heterocycles. The van der Waals surface area contributed by atoms with Crippen LogP contribution in [0, 0.1) is 6.92 Å². The van der Waals surface area contributed by atoms with Gasteiger partial charge in [0.1, 0.15) is 11.5 Å². The highest BCUT2D eigenvalue weighted by atomic mass is 19.4. The monoisotopic (exact) mass is 544 g/mol. The lowest BCUT2D eigenvalue weighted by molar-refractivity contribution is -0.141. The number of alkyl halides is 3. The zero-order valence-electron chi connectivity index (χ0n) is 22.5. The molecule has 3 aromatic carbocycles. The molecular formula is C31H27F3N4O2. The van der Waals surface area contributed by atoms with Crippen molar-refractivity contribution in [3.8, 4) is 51.2 Å². The Morgan fingerprint density at radius 1 is 0.750 bits per heavy atom. The number of halogens is 3. The highest BCUT2D eigenvalue weighted by molar-refractivity contribution is 5.76. The minimum absolute atomic E-state index is 0.151. The summed E-state index contributed by atoms with van der Waals surface area (Å²) < 4.78 is 54.3. The maximum atomic E-state index is 14.1. The molecule has 0 amide bonds. The summed E-state index contributed by atoms with van der Waals surface area (Å²) in [4.78, 5) is 8.56. The molecule has 5 rings (SSSR count). The predicted molar refractivity (Wildman–Crippen MR) is 148 cm³/mol. The summed E-state index contributed by atoms with van der Waals surface area (Å²) in [5.74, 6) is 1.16. The van der Waals surface area contributed by atoms with Crippen molar-refractivity contribution in [1.82, 2.24) is 19.7 Å². The molecule has 5 aromatic rings. The van der Waals surface area contributed by atoms with E-state index in [0.29, 0.717) is 34.9 Å². The van der Waals surface area contributed by atoms with Crippen LogP contribution in [-0.4, -0.2) is 34.0 Å². The molecule has 0 aliphatic heterocycles. The predicted octanol–water partition coefficient (Wildman–Crippen LogP) is 7.57. The van der Waals surface area contributed by atoms with Gasteiger partial charge in [0.25, 0.3) is 5.95 Å². The summed E-state index contributed by atoms with van der Waals surface area (Å²) in [6, 6.07) is 22.8. The molecule has 0 fully saturated rings. The molecule has 40 heavy (non-hydrogen) atoms. The first-order valence-electron chi connectivity index (χ1n) is 12.7. The molecule has 0 radical (unpaired) electrons. The van der Waals surface area contributed by atoms with Gasteiger partial charge in [-0.3, -0.25) is 0 Å². The van der Waals surface area contributed by atoms with Gasteiger partial charge in [0.2, 0.25) is 0 Å². The third-order valence-electron chi connectivity index (χ3n) is 6.61. The molecular weight excluding hydrogens is 517 g/mol. The van der Waals surface area contributed by atoms with Crippen molar-refractivity contribution < 1.29 is 22.6 Å². The van der Waals surface area contributed by atoms with Crippen LogP contribution in [0.1, 0.15) is 23.7 Å². The summed E-state index contributed by atoms with van der Waals surface area (Å²) in [5, 5.41) is 4.82. The maximum Gasteiger partial charge on any atom is 0.433 e. The van der Waals surface area contributed by atoms with Crippen molar-refractivity contribution in [2.45, 2.75) is 26.4 Å². The number of hydrogen-bond acceptors (Lipinski definition) is 5. The number of hydrogen-bond donors (Lipinski definition) is 0. The van der Waals surface area contributed by atoms with Gasteiger partial charge in [-0.05, 0) is 67.9 Å². The zero-order chi connectivity index (χ0) is 28.4. The second kappa shape index (κ2) is 10.8. The fourth-order valence-corrected chi connectivity index (χ4v) is 4.50. The van der Waals surface area contributed by atoms with Gasteiger partial charge in [0, 0.05) is 22.3 Å². The average Bonchev–Trinajstić information content (AvgIpc) is 3.36. The van der Waals surface area contributed by atoms with E-state index in [1.54, 1.807) is 38.5 Å². The van der Waals surface area contributed by atoms with E-state index in [-0.39, 0.29) is 11.6 Å². The first-order chi connectivity index (χ1) is 19.2. The lowest BCUT2D eigenvalue weighted by Gasteiger charge is -2.13. The topological polar surface area (TPSA) is 62.1 Å². The Morgan fingerprint density at radius 3 is 1.82 bits per heavy atom. The number of benzene rings is 3. The third kappa shape index (κ3) is 5.27. The van der Waals surface area contributed by atoms with Crippen molar-refractivity contribution in [2.24, 2.45) is 0 Å². The van der Waals surface area contributed by atoms with E-state index in [9.17, 15) is 13.2 Å².